The number of nitrogens with one attached hydrogen (secondary N) is 2. The second-order valence-electron chi connectivity index (χ2n) is 8.09. The van der Waals surface area contributed by atoms with E-state index in [0.29, 0.717) is 5.92 Å². The molecule has 4 unspecified atom stereocenters. The zero-order chi connectivity index (χ0) is 15.7. The van der Waals surface area contributed by atoms with Crippen LogP contribution in [0.2, 0.25) is 0 Å². The maximum atomic E-state index is 13.1. The van der Waals surface area contributed by atoms with Crippen molar-refractivity contribution in [3.8, 4) is 0 Å². The van der Waals surface area contributed by atoms with Crippen molar-refractivity contribution in [2.75, 3.05) is 4.93 Å². The Morgan fingerprint density at radius 2 is 1.96 bits per heavy atom. The van der Waals surface area contributed by atoms with Gasteiger partial charge in [-0.3, -0.25) is 0 Å². The molecule has 0 amide bonds. The van der Waals surface area contributed by atoms with Crippen LogP contribution in [-0.4, -0.2) is 24.1 Å². The summed E-state index contributed by atoms with van der Waals surface area (Å²) in [7, 11) is 0. The minimum atomic E-state index is -1.05. The molecule has 5 fully saturated rings. The van der Waals surface area contributed by atoms with Gasteiger partial charge in [0.05, 0.1) is 0 Å². The second-order valence-corrected chi connectivity index (χ2v) is 15.0. The molecule has 3 aliphatic carbocycles. The third-order valence-corrected chi connectivity index (χ3v) is 15.3. The van der Waals surface area contributed by atoms with Crippen LogP contribution in [0.25, 0.3) is 0 Å². The van der Waals surface area contributed by atoms with E-state index in [4.69, 9.17) is 4.74 Å². The molecule has 2 N–H and O–H groups in total. The molecule has 0 aromatic carbocycles. The van der Waals surface area contributed by atoms with Gasteiger partial charge in [-0.25, -0.2) is 0 Å². The number of hydrogen-bond acceptors (Lipinski definition) is 4. The van der Waals surface area contributed by atoms with Crippen LogP contribution in [0.3, 0.4) is 0 Å². The SMILES string of the molecule is C[I-]C(C(=O)OC1(C2CC3CCC2C3)CCCCC1)C12NI1N2. The van der Waals surface area contributed by atoms with E-state index < -0.39 is 20.4 Å². The van der Waals surface area contributed by atoms with Crippen molar-refractivity contribution in [3.05, 3.63) is 0 Å². The third kappa shape index (κ3) is 2.51. The summed E-state index contributed by atoms with van der Waals surface area (Å²) in [4.78, 5) is 15.3. The topological polar surface area (TPSA) is 70.2 Å². The van der Waals surface area contributed by atoms with E-state index in [1.54, 1.807) is 0 Å². The van der Waals surface area contributed by atoms with Crippen LogP contribution in [0.5, 0.6) is 0 Å². The van der Waals surface area contributed by atoms with E-state index in [9.17, 15) is 4.79 Å². The fourth-order valence-electron chi connectivity index (χ4n) is 5.67. The average Bonchev–Trinajstić information content (AvgIpc) is 3.27. The Labute approximate surface area is 157 Å². The molecule has 2 aliphatic heterocycles. The number of alkyl halides is 3. The number of carbonyl (C=O) groups excluding carboxylic acids is 1. The van der Waals surface area contributed by atoms with Crippen LogP contribution in [0.1, 0.15) is 57.8 Å². The van der Waals surface area contributed by atoms with Gasteiger partial charge in [0.25, 0.3) is 0 Å². The molecule has 0 aromatic rings. The van der Waals surface area contributed by atoms with Gasteiger partial charge in [-0.05, 0) is 0 Å². The fraction of sp³-hybridized carbons (Fsp3) is 0.941. The molecule has 3 saturated carbocycles. The van der Waals surface area contributed by atoms with Gasteiger partial charge in [-0.1, -0.05) is 0 Å². The number of ether oxygens (including phenoxy) is 1. The molecule has 2 bridgehead atoms. The van der Waals surface area contributed by atoms with Gasteiger partial charge >= 0.3 is 158 Å². The summed E-state index contributed by atoms with van der Waals surface area (Å²) in [6.45, 7) is 0. The van der Waals surface area contributed by atoms with Gasteiger partial charge < -0.3 is 0 Å². The first-order valence-corrected chi connectivity index (χ1v) is 15.8. The van der Waals surface area contributed by atoms with Crippen LogP contribution in [0.4, 0.5) is 0 Å². The summed E-state index contributed by atoms with van der Waals surface area (Å²) < 4.78 is 13.9. The number of halogens is 2. The van der Waals surface area contributed by atoms with Crippen molar-refractivity contribution in [2.45, 2.75) is 71.0 Å². The average molecular weight is 545 g/mol. The number of esters is 1. The van der Waals surface area contributed by atoms with E-state index in [1.807, 2.05) is 0 Å². The minimum absolute atomic E-state index is 0.0915. The summed E-state index contributed by atoms with van der Waals surface area (Å²) >= 11 is -1.16. The van der Waals surface area contributed by atoms with Crippen molar-refractivity contribution < 1.29 is 30.7 Å². The summed E-state index contributed by atoms with van der Waals surface area (Å²) in [5, 5.41) is 0. The molecule has 5 rings (SSSR count). The van der Waals surface area contributed by atoms with Crippen LogP contribution in [0, 0.1) is 17.8 Å². The zero-order valence-corrected chi connectivity index (χ0v) is 18.1. The van der Waals surface area contributed by atoms with Crippen molar-refractivity contribution in [1.82, 2.24) is 7.06 Å². The monoisotopic (exact) mass is 545 g/mol. The van der Waals surface area contributed by atoms with Gasteiger partial charge in [-0.15, -0.1) is 0 Å². The first-order valence-electron chi connectivity index (χ1n) is 9.13. The molecule has 0 radical (unpaired) electrons. The van der Waals surface area contributed by atoms with Crippen LogP contribution in [0.15, 0.2) is 0 Å². The first kappa shape index (κ1) is 16.1. The first-order chi connectivity index (χ1) is 11.2. The Morgan fingerprint density at radius 1 is 1.22 bits per heavy atom. The van der Waals surface area contributed by atoms with Gasteiger partial charge in [-0.2, -0.15) is 0 Å². The van der Waals surface area contributed by atoms with Crippen molar-refractivity contribution in [3.63, 3.8) is 0 Å². The normalized spacial score (nSPS) is 41.4. The van der Waals surface area contributed by atoms with Crippen molar-refractivity contribution >= 4 is 26.3 Å². The molecular weight excluding hydrogens is 518 g/mol. The van der Waals surface area contributed by atoms with Gasteiger partial charge in [0.15, 0.2) is 0 Å². The van der Waals surface area contributed by atoms with Crippen molar-refractivity contribution in [2.24, 2.45) is 17.8 Å². The number of fused-ring (bicyclic) bond motifs is 3. The van der Waals surface area contributed by atoms with Gasteiger partial charge in [0.2, 0.25) is 0 Å². The van der Waals surface area contributed by atoms with E-state index in [1.165, 1.54) is 44.9 Å². The van der Waals surface area contributed by atoms with Gasteiger partial charge in [0, 0.05) is 0 Å². The molecule has 6 heteroatoms. The number of carbonyl (C=O) groups is 1. The molecule has 132 valence electrons. The molecular formula is C17H27I2N2O2-. The van der Waals surface area contributed by atoms with E-state index in [0.717, 1.165) is 24.7 Å². The number of hydrogen-bond donors (Lipinski definition) is 2. The van der Waals surface area contributed by atoms with E-state index in [2.05, 4.69) is 12.0 Å². The molecule has 2 heterocycles. The Kier molecular flexibility index (Phi) is 3.96. The Morgan fingerprint density at radius 3 is 2.48 bits per heavy atom. The van der Waals surface area contributed by atoms with Crippen LogP contribution >= 0.6 is 20.4 Å². The van der Waals surface area contributed by atoms with E-state index >= 15 is 0 Å². The fourth-order valence-corrected chi connectivity index (χ4v) is 16.0. The summed E-state index contributed by atoms with van der Waals surface area (Å²) in [5.41, 5.74) is -0.0915. The molecule has 2 saturated heterocycles. The predicted octanol–water partition coefficient (Wildman–Crippen LogP) is -0.0473. The van der Waals surface area contributed by atoms with Gasteiger partial charge in [0.1, 0.15) is 0 Å². The quantitative estimate of drug-likeness (QED) is 0.127. The number of rotatable bonds is 5. The summed E-state index contributed by atoms with van der Waals surface area (Å²) in [5.74, 6) is 2.61. The van der Waals surface area contributed by atoms with Crippen LogP contribution < -0.4 is 28.3 Å². The maximum absolute atomic E-state index is 13.1. The molecule has 4 atom stereocenters. The Balaban J connectivity index is 1.36. The molecule has 4 nitrogen and oxygen atoms in total. The van der Waals surface area contributed by atoms with Crippen LogP contribution in [-0.2, 0) is 9.53 Å². The van der Waals surface area contributed by atoms with E-state index in [-0.39, 0.29) is 40.4 Å². The molecule has 23 heavy (non-hydrogen) atoms. The summed E-state index contributed by atoms with van der Waals surface area (Å²) in [6.07, 6.45) is 11.7. The summed E-state index contributed by atoms with van der Waals surface area (Å²) in [6, 6.07) is 0. The Hall–Kier alpha value is 0.850. The Bertz CT molecular complexity index is 517. The molecule has 5 aliphatic rings. The van der Waals surface area contributed by atoms with Crippen molar-refractivity contribution in [1.29, 1.82) is 0 Å². The zero-order valence-electron chi connectivity index (χ0n) is 13.7. The third-order valence-electron chi connectivity index (χ3n) is 6.88. The second kappa shape index (κ2) is 5.67. The molecule has 0 spiro atoms. The predicted molar refractivity (Wildman–Crippen MR) is 93.6 cm³/mol. The molecule has 0 aromatic heterocycles. The standard InChI is InChI=1S/C17H27I2N2O2/c1-18-14(17-19(20-17)21-17)15(22)23-16(7-3-2-4-8-16)13-10-11-5-6-12(13)9-11/h11-14,20-21H,2-10H2,1H3/q-1.